The van der Waals surface area contributed by atoms with Gasteiger partial charge < -0.3 is 0 Å². The monoisotopic (exact) mass is 310 g/mol. The van der Waals surface area contributed by atoms with Crippen molar-refractivity contribution in [3.63, 3.8) is 0 Å². The molecule has 0 aliphatic heterocycles. The Morgan fingerprint density at radius 3 is 2.50 bits per heavy atom. The van der Waals surface area contributed by atoms with Crippen LogP contribution in [0.5, 0.6) is 0 Å². The van der Waals surface area contributed by atoms with E-state index in [-0.39, 0.29) is 22.0 Å². The Morgan fingerprint density at radius 1 is 1.18 bits per heavy atom. The zero-order chi connectivity index (χ0) is 15.9. The van der Waals surface area contributed by atoms with E-state index in [0.717, 1.165) is 3.97 Å². The van der Waals surface area contributed by atoms with Crippen LogP contribution in [-0.4, -0.2) is 31.0 Å². The van der Waals surface area contributed by atoms with Crippen LogP contribution in [0.4, 0.5) is 0 Å². The van der Waals surface area contributed by atoms with Gasteiger partial charge in [0.2, 0.25) is 0 Å². The molecule has 0 saturated heterocycles. The molecular formula is C15H11BN2O3S. The third-order valence-corrected chi connectivity index (χ3v) is 5.06. The molecule has 22 heavy (non-hydrogen) atoms. The number of carbonyl (C=O) groups is 1. The summed E-state index contributed by atoms with van der Waals surface area (Å²) in [7, 11) is 1.92. The molecule has 0 spiro atoms. The van der Waals surface area contributed by atoms with Crippen molar-refractivity contribution in [1.29, 1.82) is 0 Å². The Hall–Kier alpha value is -2.41. The molecule has 2 radical (unpaired) electrons. The van der Waals surface area contributed by atoms with Gasteiger partial charge in [0.15, 0.2) is 11.4 Å². The van der Waals surface area contributed by atoms with Crippen molar-refractivity contribution < 1.29 is 13.2 Å². The molecule has 0 amide bonds. The van der Waals surface area contributed by atoms with Crippen LogP contribution >= 0.6 is 0 Å². The SMILES string of the molecule is [B]c1ccnc2c1cc(C(C)=O)n2S(=O)(=O)c1ccccc1. The van der Waals surface area contributed by atoms with Gasteiger partial charge in [-0.2, -0.15) is 0 Å². The van der Waals surface area contributed by atoms with Gasteiger partial charge in [0.25, 0.3) is 10.0 Å². The van der Waals surface area contributed by atoms with E-state index in [1.807, 2.05) is 0 Å². The van der Waals surface area contributed by atoms with Gasteiger partial charge in [-0.3, -0.25) is 4.79 Å². The van der Waals surface area contributed by atoms with Crippen molar-refractivity contribution in [2.45, 2.75) is 11.8 Å². The van der Waals surface area contributed by atoms with Gasteiger partial charge in [0.1, 0.15) is 13.5 Å². The average molecular weight is 310 g/mol. The molecule has 3 rings (SSSR count). The number of Topliss-reactive ketones (excluding diaryl/α,β-unsaturated/α-hetero) is 1. The van der Waals surface area contributed by atoms with Crippen molar-refractivity contribution in [3.8, 4) is 0 Å². The Kier molecular flexibility index (Phi) is 3.37. The quantitative estimate of drug-likeness (QED) is 0.540. The van der Waals surface area contributed by atoms with Crippen LogP contribution in [0.15, 0.2) is 53.6 Å². The highest BCUT2D eigenvalue weighted by atomic mass is 32.2. The molecule has 0 bridgehead atoms. The first kappa shape index (κ1) is 14.5. The second-order valence-corrected chi connectivity index (χ2v) is 6.59. The van der Waals surface area contributed by atoms with Gasteiger partial charge in [-0.1, -0.05) is 29.7 Å². The summed E-state index contributed by atoms with van der Waals surface area (Å²) in [6, 6.07) is 10.9. The normalized spacial score (nSPS) is 11.7. The van der Waals surface area contributed by atoms with Gasteiger partial charge in [-0.15, -0.1) is 0 Å². The minimum Gasteiger partial charge on any atom is -0.293 e. The summed E-state index contributed by atoms with van der Waals surface area (Å²) in [5.74, 6) is -0.378. The molecule has 0 aliphatic carbocycles. The Morgan fingerprint density at radius 2 is 1.86 bits per heavy atom. The molecule has 0 aliphatic rings. The highest BCUT2D eigenvalue weighted by molar-refractivity contribution is 7.90. The van der Waals surface area contributed by atoms with E-state index in [1.165, 1.54) is 31.3 Å². The Balaban J connectivity index is 2.42. The Labute approximate surface area is 129 Å². The first-order valence-electron chi connectivity index (χ1n) is 6.50. The fourth-order valence-electron chi connectivity index (χ4n) is 2.28. The first-order chi connectivity index (χ1) is 10.4. The molecule has 3 aromatic rings. The maximum atomic E-state index is 12.9. The summed E-state index contributed by atoms with van der Waals surface area (Å²) in [4.78, 5) is 16.0. The van der Waals surface area contributed by atoms with Crippen molar-refractivity contribution in [2.24, 2.45) is 0 Å². The van der Waals surface area contributed by atoms with Crippen molar-refractivity contribution in [3.05, 3.63) is 54.4 Å². The maximum Gasteiger partial charge on any atom is 0.270 e. The second kappa shape index (κ2) is 5.10. The van der Waals surface area contributed by atoms with E-state index in [4.69, 9.17) is 7.85 Å². The molecule has 108 valence electrons. The fraction of sp³-hybridized carbons (Fsp3) is 0.0667. The van der Waals surface area contributed by atoms with E-state index in [9.17, 15) is 13.2 Å². The second-order valence-electron chi connectivity index (χ2n) is 4.81. The number of fused-ring (bicyclic) bond motifs is 1. The third-order valence-electron chi connectivity index (χ3n) is 3.34. The first-order valence-corrected chi connectivity index (χ1v) is 7.94. The van der Waals surface area contributed by atoms with Gasteiger partial charge in [0.05, 0.1) is 4.90 Å². The Bertz CT molecular complexity index is 979. The zero-order valence-electron chi connectivity index (χ0n) is 11.7. The van der Waals surface area contributed by atoms with Gasteiger partial charge >= 0.3 is 0 Å². The van der Waals surface area contributed by atoms with Crippen LogP contribution in [0.1, 0.15) is 17.4 Å². The summed E-state index contributed by atoms with van der Waals surface area (Å²) in [5.41, 5.74) is 0.549. The molecule has 0 fully saturated rings. The molecule has 0 unspecified atom stereocenters. The standard InChI is InChI=1S/C15H11BN2O3S/c1-10(19)14-9-12-13(16)7-8-17-15(12)18(14)22(20,21)11-5-3-2-4-6-11/h2-9H,1H3. The zero-order valence-corrected chi connectivity index (χ0v) is 12.5. The van der Waals surface area contributed by atoms with E-state index < -0.39 is 10.0 Å². The summed E-state index contributed by atoms with van der Waals surface area (Å²) in [6.45, 7) is 1.31. The van der Waals surface area contributed by atoms with Crippen molar-refractivity contribution >= 4 is 40.1 Å². The number of carbonyl (C=O) groups excluding carboxylic acids is 1. The molecular weight excluding hydrogens is 299 g/mol. The minimum atomic E-state index is -3.94. The predicted molar refractivity (Wildman–Crippen MR) is 84.2 cm³/mol. The van der Waals surface area contributed by atoms with Crippen LogP contribution in [0.25, 0.3) is 11.0 Å². The largest absolute Gasteiger partial charge is 0.293 e. The predicted octanol–water partition coefficient (Wildman–Crippen LogP) is 1.27. The number of rotatable bonds is 3. The summed E-state index contributed by atoms with van der Waals surface area (Å²) < 4.78 is 26.7. The lowest BCUT2D eigenvalue weighted by atomic mass is 9.94. The summed E-state index contributed by atoms with van der Waals surface area (Å²) in [6.07, 6.45) is 1.42. The third kappa shape index (κ3) is 2.14. The number of ketones is 1. The maximum absolute atomic E-state index is 12.9. The number of aromatic nitrogens is 2. The number of pyridine rings is 1. The van der Waals surface area contributed by atoms with Crippen molar-refractivity contribution in [2.75, 3.05) is 0 Å². The van der Waals surface area contributed by atoms with E-state index in [0.29, 0.717) is 10.8 Å². The molecule has 2 heterocycles. The summed E-state index contributed by atoms with van der Waals surface area (Å²) in [5, 5.41) is 0.437. The molecule has 7 heteroatoms. The van der Waals surface area contributed by atoms with Crippen LogP contribution in [0.2, 0.25) is 0 Å². The average Bonchev–Trinajstić information content (AvgIpc) is 2.90. The van der Waals surface area contributed by atoms with Crippen LogP contribution in [-0.2, 0) is 10.0 Å². The van der Waals surface area contributed by atoms with Crippen LogP contribution < -0.4 is 5.46 Å². The van der Waals surface area contributed by atoms with E-state index in [1.54, 1.807) is 24.3 Å². The molecule has 0 N–H and O–H groups in total. The molecule has 5 nitrogen and oxygen atoms in total. The highest BCUT2D eigenvalue weighted by Crippen LogP contribution is 2.23. The lowest BCUT2D eigenvalue weighted by Gasteiger charge is -2.09. The molecule has 1 aromatic carbocycles. The number of hydrogen-bond donors (Lipinski definition) is 0. The van der Waals surface area contributed by atoms with Gasteiger partial charge in [-0.25, -0.2) is 17.4 Å². The van der Waals surface area contributed by atoms with E-state index in [2.05, 4.69) is 4.98 Å². The lowest BCUT2D eigenvalue weighted by molar-refractivity contribution is 0.101. The van der Waals surface area contributed by atoms with E-state index >= 15 is 0 Å². The number of benzene rings is 1. The van der Waals surface area contributed by atoms with Crippen LogP contribution in [0.3, 0.4) is 0 Å². The van der Waals surface area contributed by atoms with Crippen molar-refractivity contribution in [1.82, 2.24) is 8.96 Å². The molecule has 2 aromatic heterocycles. The van der Waals surface area contributed by atoms with Gasteiger partial charge in [0, 0.05) is 18.5 Å². The topological polar surface area (TPSA) is 69.0 Å². The fourth-order valence-corrected chi connectivity index (χ4v) is 3.81. The van der Waals surface area contributed by atoms with Gasteiger partial charge in [-0.05, 0) is 18.2 Å². The highest BCUT2D eigenvalue weighted by Gasteiger charge is 2.25. The van der Waals surface area contributed by atoms with Crippen LogP contribution in [0, 0.1) is 0 Å². The minimum absolute atomic E-state index is 0.0317. The number of nitrogens with zero attached hydrogens (tertiary/aromatic N) is 2. The summed E-state index contributed by atoms with van der Waals surface area (Å²) >= 11 is 0. The number of hydrogen-bond acceptors (Lipinski definition) is 4. The lowest BCUT2D eigenvalue weighted by Crippen LogP contribution is -2.18. The molecule has 0 atom stereocenters. The smallest absolute Gasteiger partial charge is 0.270 e. The molecule has 0 saturated carbocycles.